The summed E-state index contributed by atoms with van der Waals surface area (Å²) in [5.41, 5.74) is 1.63. The van der Waals surface area contributed by atoms with Crippen molar-refractivity contribution >= 4 is 33.4 Å². The first-order valence-corrected chi connectivity index (χ1v) is 10.3. The highest BCUT2D eigenvalue weighted by Crippen LogP contribution is 2.24. The molecule has 7 heteroatoms. The van der Waals surface area contributed by atoms with Crippen molar-refractivity contribution in [3.8, 4) is 5.75 Å². The Morgan fingerprint density at radius 2 is 2.07 bits per heavy atom. The SMILES string of the molecule is COc1cccc(CNC(=O)C2CCN(C(=O)c3cc4ccsc4[nH]3)CC2)c1. The minimum Gasteiger partial charge on any atom is -0.497 e. The van der Waals surface area contributed by atoms with Crippen molar-refractivity contribution in [2.24, 2.45) is 5.92 Å². The maximum absolute atomic E-state index is 12.7. The predicted octanol–water partition coefficient (Wildman–Crippen LogP) is 3.41. The van der Waals surface area contributed by atoms with Gasteiger partial charge in [0.1, 0.15) is 16.3 Å². The van der Waals surface area contributed by atoms with Crippen LogP contribution >= 0.6 is 11.3 Å². The van der Waals surface area contributed by atoms with Gasteiger partial charge < -0.3 is 19.9 Å². The molecule has 2 N–H and O–H groups in total. The van der Waals surface area contributed by atoms with E-state index in [0.717, 1.165) is 21.5 Å². The van der Waals surface area contributed by atoms with Crippen LogP contribution in [0.25, 0.3) is 10.2 Å². The number of aromatic amines is 1. The van der Waals surface area contributed by atoms with Crippen molar-refractivity contribution < 1.29 is 14.3 Å². The minimum absolute atomic E-state index is 0.0126. The first-order chi connectivity index (χ1) is 13.6. The highest BCUT2D eigenvalue weighted by Gasteiger charge is 2.28. The van der Waals surface area contributed by atoms with Crippen molar-refractivity contribution in [3.63, 3.8) is 0 Å². The normalized spacial score (nSPS) is 15.0. The van der Waals surface area contributed by atoms with E-state index in [1.54, 1.807) is 18.4 Å². The van der Waals surface area contributed by atoms with Crippen LogP contribution in [-0.4, -0.2) is 41.9 Å². The first-order valence-electron chi connectivity index (χ1n) is 9.40. The number of piperidine rings is 1. The van der Waals surface area contributed by atoms with Crippen LogP contribution in [0.2, 0.25) is 0 Å². The summed E-state index contributed by atoms with van der Waals surface area (Å²) in [6.45, 7) is 1.68. The Labute approximate surface area is 167 Å². The van der Waals surface area contributed by atoms with Crippen molar-refractivity contribution in [2.75, 3.05) is 20.2 Å². The maximum Gasteiger partial charge on any atom is 0.270 e. The van der Waals surface area contributed by atoms with Crippen molar-refractivity contribution in [1.82, 2.24) is 15.2 Å². The minimum atomic E-state index is -0.0539. The van der Waals surface area contributed by atoms with Gasteiger partial charge in [-0.3, -0.25) is 9.59 Å². The van der Waals surface area contributed by atoms with Crippen LogP contribution in [0.1, 0.15) is 28.9 Å². The number of nitrogens with zero attached hydrogens (tertiary/aromatic N) is 1. The number of methoxy groups -OCH3 is 1. The van der Waals surface area contributed by atoms with Gasteiger partial charge in [0.15, 0.2) is 0 Å². The first kappa shape index (κ1) is 18.6. The summed E-state index contributed by atoms with van der Waals surface area (Å²) in [5.74, 6) is 0.790. The van der Waals surface area contributed by atoms with Gasteiger partial charge in [-0.1, -0.05) is 12.1 Å². The Kier molecular flexibility index (Phi) is 5.34. The van der Waals surface area contributed by atoms with Gasteiger partial charge in [0.25, 0.3) is 5.91 Å². The molecule has 0 radical (unpaired) electrons. The van der Waals surface area contributed by atoms with Crippen LogP contribution in [-0.2, 0) is 11.3 Å². The number of benzene rings is 1. The smallest absolute Gasteiger partial charge is 0.270 e. The number of rotatable bonds is 5. The fourth-order valence-electron chi connectivity index (χ4n) is 3.59. The van der Waals surface area contributed by atoms with Gasteiger partial charge in [0.05, 0.1) is 7.11 Å². The third-order valence-corrected chi connectivity index (χ3v) is 6.07. The van der Waals surface area contributed by atoms with E-state index in [9.17, 15) is 9.59 Å². The molecule has 1 saturated heterocycles. The van der Waals surface area contributed by atoms with Gasteiger partial charge in [-0.05, 0) is 48.1 Å². The molecule has 146 valence electrons. The summed E-state index contributed by atoms with van der Waals surface area (Å²) in [5, 5.41) is 6.08. The third-order valence-electron chi connectivity index (χ3n) is 5.23. The second-order valence-electron chi connectivity index (χ2n) is 7.02. The zero-order valence-electron chi connectivity index (χ0n) is 15.7. The molecule has 1 aliphatic heterocycles. The molecule has 0 atom stereocenters. The number of nitrogens with one attached hydrogen (secondary N) is 2. The fraction of sp³-hybridized carbons (Fsp3) is 0.333. The summed E-state index contributed by atoms with van der Waals surface area (Å²) in [7, 11) is 1.63. The van der Waals surface area contributed by atoms with Gasteiger partial charge in [0, 0.05) is 30.9 Å². The molecule has 1 aromatic carbocycles. The molecule has 4 rings (SSSR count). The average Bonchev–Trinajstić information content (AvgIpc) is 3.34. The molecule has 3 aromatic rings. The number of amides is 2. The number of thiophene rings is 1. The van der Waals surface area contributed by atoms with Gasteiger partial charge in [-0.2, -0.15) is 0 Å². The van der Waals surface area contributed by atoms with E-state index >= 15 is 0 Å². The number of hydrogen-bond acceptors (Lipinski definition) is 4. The van der Waals surface area contributed by atoms with Gasteiger partial charge >= 0.3 is 0 Å². The summed E-state index contributed by atoms with van der Waals surface area (Å²) in [4.78, 5) is 31.3. The van der Waals surface area contributed by atoms with Gasteiger partial charge in [0.2, 0.25) is 5.91 Å². The molecule has 0 spiro atoms. The Balaban J connectivity index is 1.28. The summed E-state index contributed by atoms with van der Waals surface area (Å²) < 4.78 is 5.21. The quantitative estimate of drug-likeness (QED) is 0.693. The van der Waals surface area contributed by atoms with Crippen LogP contribution in [0, 0.1) is 5.92 Å². The number of hydrogen-bond donors (Lipinski definition) is 2. The Morgan fingerprint density at radius 3 is 2.82 bits per heavy atom. The number of likely N-dealkylation sites (tertiary alicyclic amines) is 1. The summed E-state index contributed by atoms with van der Waals surface area (Å²) in [6, 6.07) is 11.6. The molecule has 2 amide bonds. The lowest BCUT2D eigenvalue weighted by atomic mass is 9.95. The molecular weight excluding hydrogens is 374 g/mol. The lowest BCUT2D eigenvalue weighted by molar-refractivity contribution is -0.126. The molecule has 0 unspecified atom stereocenters. The average molecular weight is 398 g/mol. The van der Waals surface area contributed by atoms with Crippen LogP contribution < -0.4 is 10.1 Å². The number of ether oxygens (including phenoxy) is 1. The molecule has 1 aliphatic rings. The predicted molar refractivity (Wildman–Crippen MR) is 110 cm³/mol. The molecule has 6 nitrogen and oxygen atoms in total. The zero-order chi connectivity index (χ0) is 19.5. The highest BCUT2D eigenvalue weighted by molar-refractivity contribution is 7.16. The summed E-state index contributed by atoms with van der Waals surface area (Å²) >= 11 is 1.60. The lowest BCUT2D eigenvalue weighted by Crippen LogP contribution is -2.43. The monoisotopic (exact) mass is 397 g/mol. The van der Waals surface area contributed by atoms with Crippen LogP contribution in [0.15, 0.2) is 41.8 Å². The topological polar surface area (TPSA) is 74.4 Å². The molecular formula is C21H23N3O3S. The molecule has 0 bridgehead atoms. The van der Waals surface area contributed by atoms with E-state index in [1.807, 2.05) is 46.7 Å². The molecule has 0 aliphatic carbocycles. The van der Waals surface area contributed by atoms with E-state index in [1.165, 1.54) is 0 Å². The lowest BCUT2D eigenvalue weighted by Gasteiger charge is -2.31. The molecule has 1 fully saturated rings. The zero-order valence-corrected chi connectivity index (χ0v) is 16.6. The highest BCUT2D eigenvalue weighted by atomic mass is 32.1. The number of carbonyl (C=O) groups excluding carboxylic acids is 2. The summed E-state index contributed by atoms with van der Waals surface area (Å²) in [6.07, 6.45) is 1.37. The second-order valence-corrected chi connectivity index (χ2v) is 7.94. The number of H-pyrrole nitrogens is 1. The number of aromatic nitrogens is 1. The van der Waals surface area contributed by atoms with E-state index in [-0.39, 0.29) is 17.7 Å². The van der Waals surface area contributed by atoms with Crippen molar-refractivity contribution in [3.05, 3.63) is 53.0 Å². The fourth-order valence-corrected chi connectivity index (χ4v) is 4.38. The van der Waals surface area contributed by atoms with Crippen molar-refractivity contribution in [2.45, 2.75) is 19.4 Å². The molecule has 0 saturated carbocycles. The van der Waals surface area contributed by atoms with Gasteiger partial charge in [-0.25, -0.2) is 0 Å². The number of fused-ring (bicyclic) bond motifs is 1. The van der Waals surface area contributed by atoms with Crippen molar-refractivity contribution in [1.29, 1.82) is 0 Å². The molecule has 3 heterocycles. The van der Waals surface area contributed by atoms with E-state index in [4.69, 9.17) is 4.74 Å². The van der Waals surface area contributed by atoms with E-state index in [0.29, 0.717) is 38.2 Å². The Morgan fingerprint density at radius 1 is 1.25 bits per heavy atom. The Bertz CT molecular complexity index is 957. The van der Waals surface area contributed by atoms with Crippen LogP contribution in [0.4, 0.5) is 0 Å². The van der Waals surface area contributed by atoms with Gasteiger partial charge in [-0.15, -0.1) is 11.3 Å². The largest absolute Gasteiger partial charge is 0.497 e. The number of carbonyl (C=O) groups is 2. The molecule has 2 aromatic heterocycles. The van der Waals surface area contributed by atoms with Crippen LogP contribution in [0.5, 0.6) is 5.75 Å². The standard InChI is InChI=1S/C21H23N3O3S/c1-27-17-4-2-3-14(11-17)13-22-19(25)15-5-8-24(9-6-15)21(26)18-12-16-7-10-28-20(16)23-18/h2-4,7,10-12,15,23H,5-6,8-9,13H2,1H3,(H,22,25). The molecule has 28 heavy (non-hydrogen) atoms. The second kappa shape index (κ2) is 8.06. The third kappa shape index (κ3) is 3.89. The van der Waals surface area contributed by atoms with E-state index in [2.05, 4.69) is 10.3 Å². The van der Waals surface area contributed by atoms with Crippen LogP contribution in [0.3, 0.4) is 0 Å². The van der Waals surface area contributed by atoms with E-state index < -0.39 is 0 Å². The Hall–Kier alpha value is -2.80. The maximum atomic E-state index is 12.7.